The lowest BCUT2D eigenvalue weighted by Crippen LogP contribution is -2.38. The largest absolute Gasteiger partial charge is 0.306 e. The lowest BCUT2D eigenvalue weighted by atomic mass is 9.95. The Balaban J connectivity index is 1.15. The summed E-state index contributed by atoms with van der Waals surface area (Å²) in [5, 5.41) is 13.8. The van der Waals surface area contributed by atoms with Crippen LogP contribution in [0.15, 0.2) is 102 Å². The van der Waals surface area contributed by atoms with Crippen LogP contribution < -0.4 is 5.32 Å². The molecule has 0 saturated carbocycles. The van der Waals surface area contributed by atoms with Gasteiger partial charge >= 0.3 is 0 Å². The molecule has 4 heterocycles. The summed E-state index contributed by atoms with van der Waals surface area (Å²) < 4.78 is 32.2. The molecule has 1 saturated heterocycles. The van der Waals surface area contributed by atoms with Gasteiger partial charge < -0.3 is 5.32 Å². The van der Waals surface area contributed by atoms with Crippen molar-refractivity contribution in [3.63, 3.8) is 0 Å². The Morgan fingerprint density at radius 3 is 2.53 bits per heavy atom. The zero-order valence-corrected chi connectivity index (χ0v) is 24.3. The second-order valence-electron chi connectivity index (χ2n) is 10.8. The Morgan fingerprint density at radius 2 is 1.72 bits per heavy atom. The van der Waals surface area contributed by atoms with Crippen LogP contribution >= 0.6 is 0 Å². The Morgan fingerprint density at radius 1 is 0.953 bits per heavy atom. The van der Waals surface area contributed by atoms with Gasteiger partial charge in [0.25, 0.3) is 5.91 Å². The molecule has 0 bridgehead atoms. The molecule has 1 aliphatic rings. The van der Waals surface area contributed by atoms with Gasteiger partial charge in [0, 0.05) is 42.9 Å². The van der Waals surface area contributed by atoms with Gasteiger partial charge in [-0.2, -0.15) is 14.5 Å². The third-order valence-corrected chi connectivity index (χ3v) is 9.97. The third-order valence-electron chi connectivity index (χ3n) is 8.01. The number of carbonyl (C=O) groups is 1. The lowest BCUT2D eigenvalue weighted by molar-refractivity contribution is 0.102. The number of fused-ring (bicyclic) bond motifs is 2. The maximum atomic E-state index is 13.7. The molecular formula is C32H29N7O3S. The number of benzene rings is 3. The van der Waals surface area contributed by atoms with Gasteiger partial charge in [-0.15, -0.1) is 0 Å². The molecule has 3 aromatic carbocycles. The van der Waals surface area contributed by atoms with Crippen molar-refractivity contribution in [1.82, 2.24) is 28.7 Å². The summed E-state index contributed by atoms with van der Waals surface area (Å²) in [6.07, 6.45) is 6.08. The van der Waals surface area contributed by atoms with E-state index >= 15 is 0 Å². The summed E-state index contributed by atoms with van der Waals surface area (Å²) in [5.74, 6) is 0.203. The van der Waals surface area contributed by atoms with Crippen molar-refractivity contribution in [2.75, 3.05) is 18.4 Å². The van der Waals surface area contributed by atoms with Gasteiger partial charge in [-0.1, -0.05) is 54.1 Å². The first-order chi connectivity index (χ1) is 20.9. The van der Waals surface area contributed by atoms with E-state index in [9.17, 15) is 13.2 Å². The van der Waals surface area contributed by atoms with Crippen LogP contribution in [0.5, 0.6) is 0 Å². The highest BCUT2D eigenvalue weighted by Crippen LogP contribution is 2.34. The van der Waals surface area contributed by atoms with E-state index in [0.717, 1.165) is 27.7 Å². The van der Waals surface area contributed by atoms with Crippen molar-refractivity contribution in [1.29, 1.82) is 0 Å². The first-order valence-corrected chi connectivity index (χ1v) is 15.6. The number of amides is 1. The molecule has 0 aliphatic carbocycles. The van der Waals surface area contributed by atoms with Gasteiger partial charge in [-0.25, -0.2) is 22.6 Å². The molecule has 6 aromatic rings. The molecule has 0 spiro atoms. The Kier molecular flexibility index (Phi) is 6.75. The second kappa shape index (κ2) is 10.8. The van der Waals surface area contributed by atoms with E-state index in [1.807, 2.05) is 67.6 Å². The van der Waals surface area contributed by atoms with Crippen LogP contribution in [-0.4, -0.2) is 56.1 Å². The number of nitrogens with one attached hydrogen (secondary N) is 1. The second-order valence-corrected chi connectivity index (χ2v) is 12.7. The summed E-state index contributed by atoms with van der Waals surface area (Å²) in [6.45, 7) is 2.77. The van der Waals surface area contributed by atoms with Crippen LogP contribution in [0, 0.1) is 6.92 Å². The maximum Gasteiger partial charge on any atom is 0.262 e. The van der Waals surface area contributed by atoms with E-state index in [1.165, 1.54) is 6.20 Å². The van der Waals surface area contributed by atoms with Gasteiger partial charge in [0.1, 0.15) is 11.4 Å². The molecule has 11 heteroatoms. The number of nitrogens with zero attached hydrogens (tertiary/aromatic N) is 6. The van der Waals surface area contributed by atoms with E-state index < -0.39 is 10.0 Å². The zero-order chi connectivity index (χ0) is 29.6. The molecule has 10 nitrogen and oxygen atoms in total. The van der Waals surface area contributed by atoms with Crippen LogP contribution in [0.4, 0.5) is 5.82 Å². The highest BCUT2D eigenvalue weighted by molar-refractivity contribution is 7.89. The standard InChI is InChI=1S/C32H29N7O3S/c1-22-10-12-25(13-11-22)39-30(35-32(40)27-21-34-38-17-5-16-33-31(27)38)20-28(36-39)24-14-18-37(19-15-24)43(41,42)29-9-4-7-23-6-2-3-8-26(23)29/h2-13,16-17,20-21,24H,14-15,18-19H2,1H3,(H,35,40). The fraction of sp³-hybridized carbons (Fsp3) is 0.188. The predicted octanol–water partition coefficient (Wildman–Crippen LogP) is 5.20. The van der Waals surface area contributed by atoms with E-state index in [2.05, 4.69) is 15.4 Å². The van der Waals surface area contributed by atoms with Crippen molar-refractivity contribution < 1.29 is 13.2 Å². The number of rotatable bonds is 6. The van der Waals surface area contributed by atoms with Gasteiger partial charge in [0.2, 0.25) is 10.0 Å². The van der Waals surface area contributed by atoms with Gasteiger partial charge in [-0.05, 0) is 49.4 Å². The molecule has 216 valence electrons. The van der Waals surface area contributed by atoms with E-state index in [4.69, 9.17) is 5.10 Å². The molecule has 1 N–H and O–H groups in total. The van der Waals surface area contributed by atoms with Crippen molar-refractivity contribution in [2.45, 2.75) is 30.6 Å². The number of anilines is 1. The summed E-state index contributed by atoms with van der Waals surface area (Å²) >= 11 is 0. The van der Waals surface area contributed by atoms with Gasteiger partial charge in [0.05, 0.1) is 22.5 Å². The number of aromatic nitrogens is 5. The normalized spacial score (nSPS) is 14.8. The fourth-order valence-corrected chi connectivity index (χ4v) is 7.38. The van der Waals surface area contributed by atoms with Crippen LogP contribution in [0.1, 0.15) is 40.4 Å². The summed E-state index contributed by atoms with van der Waals surface area (Å²) in [4.78, 5) is 18.0. The zero-order valence-electron chi connectivity index (χ0n) is 23.5. The lowest BCUT2D eigenvalue weighted by Gasteiger charge is -2.30. The van der Waals surface area contributed by atoms with Crippen molar-refractivity contribution in [3.05, 3.63) is 114 Å². The van der Waals surface area contributed by atoms with Crippen LogP contribution in [0.3, 0.4) is 0 Å². The topological polar surface area (TPSA) is 114 Å². The molecular weight excluding hydrogens is 562 g/mol. The highest BCUT2D eigenvalue weighted by atomic mass is 32.2. The first kappa shape index (κ1) is 27.0. The van der Waals surface area contributed by atoms with E-state index in [0.29, 0.717) is 47.9 Å². The highest BCUT2D eigenvalue weighted by Gasteiger charge is 2.32. The van der Waals surface area contributed by atoms with Gasteiger partial charge in [0.15, 0.2) is 5.65 Å². The minimum absolute atomic E-state index is 0.0277. The molecule has 1 amide bonds. The van der Waals surface area contributed by atoms with Crippen LogP contribution in [-0.2, 0) is 10.0 Å². The van der Waals surface area contributed by atoms with Crippen molar-refractivity contribution in [3.8, 4) is 5.69 Å². The number of hydrogen-bond donors (Lipinski definition) is 1. The Hall–Kier alpha value is -4.87. The SMILES string of the molecule is Cc1ccc(-n2nc(C3CCN(S(=O)(=O)c4cccc5ccccc45)CC3)cc2NC(=O)c2cnn3cccnc23)cc1. The Labute approximate surface area is 248 Å². The summed E-state index contributed by atoms with van der Waals surface area (Å²) in [6, 6.07) is 24.5. The predicted molar refractivity (Wildman–Crippen MR) is 164 cm³/mol. The smallest absolute Gasteiger partial charge is 0.262 e. The molecule has 7 rings (SSSR count). The molecule has 0 atom stereocenters. The molecule has 1 aliphatic heterocycles. The van der Waals surface area contributed by atoms with Crippen LogP contribution in [0.2, 0.25) is 0 Å². The number of carbonyl (C=O) groups excluding carboxylic acids is 1. The summed E-state index contributed by atoms with van der Waals surface area (Å²) in [5.41, 5.74) is 3.53. The Bertz CT molecular complexity index is 2070. The number of hydrogen-bond acceptors (Lipinski definition) is 6. The number of aryl methyl sites for hydroxylation is 1. The monoisotopic (exact) mass is 591 g/mol. The fourth-order valence-electron chi connectivity index (χ4n) is 5.69. The molecule has 0 radical (unpaired) electrons. The maximum absolute atomic E-state index is 13.7. The van der Waals surface area contributed by atoms with E-state index in [1.54, 1.807) is 44.1 Å². The average molecular weight is 592 g/mol. The average Bonchev–Trinajstić information content (AvgIpc) is 3.66. The number of piperidine rings is 1. The molecule has 0 unspecified atom stereocenters. The van der Waals surface area contributed by atoms with Crippen LogP contribution in [0.25, 0.3) is 22.1 Å². The minimum Gasteiger partial charge on any atom is -0.306 e. The first-order valence-electron chi connectivity index (χ1n) is 14.1. The van der Waals surface area contributed by atoms with Crippen molar-refractivity contribution in [2.24, 2.45) is 0 Å². The van der Waals surface area contributed by atoms with E-state index in [-0.39, 0.29) is 11.8 Å². The third kappa shape index (κ3) is 4.96. The van der Waals surface area contributed by atoms with Crippen molar-refractivity contribution >= 4 is 38.2 Å². The summed E-state index contributed by atoms with van der Waals surface area (Å²) in [7, 11) is -3.67. The molecule has 43 heavy (non-hydrogen) atoms. The molecule has 1 fully saturated rings. The number of sulfonamides is 1. The van der Waals surface area contributed by atoms with Gasteiger partial charge in [-0.3, -0.25) is 4.79 Å². The minimum atomic E-state index is -3.67. The molecule has 3 aromatic heterocycles. The quantitative estimate of drug-likeness (QED) is 0.285.